The van der Waals surface area contributed by atoms with Crippen LogP contribution in [0.5, 0.6) is 11.6 Å². The van der Waals surface area contributed by atoms with E-state index < -0.39 is 11.4 Å². The summed E-state index contributed by atoms with van der Waals surface area (Å²) in [7, 11) is 0. The number of hydrogen-bond acceptors (Lipinski definition) is 4. The molecule has 2 atom stereocenters. The molecule has 0 aliphatic heterocycles. The molecule has 1 aromatic heterocycles. The molecule has 0 bridgehead atoms. The van der Waals surface area contributed by atoms with Crippen molar-refractivity contribution in [2.24, 2.45) is 0 Å². The highest BCUT2D eigenvalue weighted by Gasteiger charge is 2.28. The number of nitrogens with zero attached hydrogens (tertiary/aromatic N) is 1. The third kappa shape index (κ3) is 5.11. The van der Waals surface area contributed by atoms with Gasteiger partial charge in [-0.2, -0.15) is 0 Å². The molecule has 1 N–H and O–H groups in total. The fraction of sp³-hybridized carbons (Fsp3) is 0.389. The van der Waals surface area contributed by atoms with Gasteiger partial charge in [0.05, 0.1) is 6.04 Å². The normalized spacial score (nSPS) is 14.3. The van der Waals surface area contributed by atoms with Crippen LogP contribution in [0.4, 0.5) is 0 Å². The molecule has 0 saturated carbocycles. The summed E-state index contributed by atoms with van der Waals surface area (Å²) in [5, 5.41) is 0.661. The molecule has 0 fully saturated rings. The van der Waals surface area contributed by atoms with Crippen LogP contribution in [0.3, 0.4) is 0 Å². The molecule has 0 saturated heterocycles. The Kier molecular flexibility index (Phi) is 6.15. The van der Waals surface area contributed by atoms with Crippen LogP contribution in [0.2, 0.25) is 5.02 Å². The first-order chi connectivity index (χ1) is 11.2. The van der Waals surface area contributed by atoms with E-state index in [1.54, 1.807) is 30.5 Å². The number of rotatable bonds is 5. The maximum Gasteiger partial charge on any atom is 0.222 e. The lowest BCUT2D eigenvalue weighted by Gasteiger charge is -2.26. The number of pyridine rings is 1. The lowest BCUT2D eigenvalue weighted by atomic mass is 10.1. The number of nitrogens with one attached hydrogen (secondary N) is 1. The average Bonchev–Trinajstić information content (AvgIpc) is 2.50. The van der Waals surface area contributed by atoms with E-state index >= 15 is 0 Å². The Hall–Kier alpha value is -1.27. The highest BCUT2D eigenvalue weighted by molar-refractivity contribution is 7.90. The second kappa shape index (κ2) is 7.74. The van der Waals surface area contributed by atoms with E-state index in [0.29, 0.717) is 16.7 Å². The predicted octanol–water partition coefficient (Wildman–Crippen LogP) is 4.95. The number of aromatic nitrogens is 1. The summed E-state index contributed by atoms with van der Waals surface area (Å²) >= 11 is 4.74. The van der Waals surface area contributed by atoms with Crippen molar-refractivity contribution in [3.8, 4) is 11.6 Å². The molecular formula is C18H23ClN2O2S. The first kappa shape index (κ1) is 19.1. The van der Waals surface area contributed by atoms with Crippen molar-refractivity contribution in [3.63, 3.8) is 0 Å². The Morgan fingerprint density at radius 2 is 1.88 bits per heavy atom. The highest BCUT2D eigenvalue weighted by Crippen LogP contribution is 2.27. The van der Waals surface area contributed by atoms with E-state index in [1.807, 2.05) is 40.7 Å². The Bertz CT molecular complexity index is 686. The fourth-order valence-corrected chi connectivity index (χ4v) is 2.88. The number of hydrogen-bond donors (Lipinski definition) is 1. The van der Waals surface area contributed by atoms with Crippen molar-refractivity contribution in [2.75, 3.05) is 0 Å². The molecule has 2 aromatic rings. The molecule has 4 nitrogen and oxygen atoms in total. The molecule has 1 unspecified atom stereocenters. The van der Waals surface area contributed by atoms with Crippen LogP contribution in [0.1, 0.15) is 44.9 Å². The number of ether oxygens (including phenoxy) is 1. The molecule has 0 spiro atoms. The van der Waals surface area contributed by atoms with E-state index in [9.17, 15) is 4.55 Å². The van der Waals surface area contributed by atoms with Gasteiger partial charge in [-0.3, -0.25) is 0 Å². The van der Waals surface area contributed by atoms with Crippen molar-refractivity contribution in [1.82, 2.24) is 9.71 Å². The summed E-state index contributed by atoms with van der Waals surface area (Å²) in [4.78, 5) is 4.39. The second-order valence-electron chi connectivity index (χ2n) is 6.67. The molecule has 0 amide bonds. The maximum atomic E-state index is 12.2. The quantitative estimate of drug-likeness (QED) is 0.760. The summed E-state index contributed by atoms with van der Waals surface area (Å²) in [5.74, 6) is 1.23. The molecule has 1 heterocycles. The Morgan fingerprint density at radius 1 is 1.25 bits per heavy atom. The first-order valence-corrected chi connectivity index (χ1v) is 9.27. The van der Waals surface area contributed by atoms with E-state index in [4.69, 9.17) is 16.3 Å². The number of halogens is 1. The monoisotopic (exact) mass is 366 g/mol. The van der Waals surface area contributed by atoms with Gasteiger partial charge in [0.15, 0.2) is 0 Å². The summed E-state index contributed by atoms with van der Waals surface area (Å²) in [6, 6.07) is 9.07. The van der Waals surface area contributed by atoms with Crippen molar-refractivity contribution < 1.29 is 9.29 Å². The fourth-order valence-electron chi connectivity index (χ4n) is 1.95. The van der Waals surface area contributed by atoms with Gasteiger partial charge in [-0.1, -0.05) is 11.6 Å². The smallest absolute Gasteiger partial charge is 0.222 e. The molecule has 0 aliphatic carbocycles. The zero-order valence-corrected chi connectivity index (χ0v) is 16.2. The summed E-state index contributed by atoms with van der Waals surface area (Å²) in [5.41, 5.74) is 1.88. The molecule has 0 aliphatic rings. The Balaban J connectivity index is 2.10. The van der Waals surface area contributed by atoms with Gasteiger partial charge >= 0.3 is 0 Å². The number of benzene rings is 1. The predicted molar refractivity (Wildman–Crippen MR) is 99.9 cm³/mol. The minimum atomic E-state index is -1.14. The molecule has 2 rings (SSSR count). The van der Waals surface area contributed by atoms with Crippen LogP contribution >= 0.6 is 11.6 Å². The first-order valence-electron chi connectivity index (χ1n) is 7.75. The Labute approximate surface area is 151 Å². The van der Waals surface area contributed by atoms with Gasteiger partial charge in [0.25, 0.3) is 0 Å². The van der Waals surface area contributed by atoms with E-state index in [0.717, 1.165) is 11.1 Å². The molecule has 6 heteroatoms. The van der Waals surface area contributed by atoms with Gasteiger partial charge in [0.2, 0.25) is 5.88 Å². The zero-order chi connectivity index (χ0) is 17.9. The van der Waals surface area contributed by atoms with E-state index in [2.05, 4.69) is 9.71 Å². The van der Waals surface area contributed by atoms with Gasteiger partial charge < -0.3 is 9.29 Å². The van der Waals surface area contributed by atoms with Crippen LogP contribution in [-0.4, -0.2) is 14.3 Å². The lowest BCUT2D eigenvalue weighted by Crippen LogP contribution is -2.40. The maximum absolute atomic E-state index is 12.2. The van der Waals surface area contributed by atoms with Crippen LogP contribution in [-0.2, 0) is 11.4 Å². The molecule has 130 valence electrons. The van der Waals surface area contributed by atoms with E-state index in [1.165, 1.54) is 0 Å². The largest absolute Gasteiger partial charge is 0.598 e. The third-order valence-electron chi connectivity index (χ3n) is 3.42. The van der Waals surface area contributed by atoms with Gasteiger partial charge in [0.1, 0.15) is 10.5 Å². The van der Waals surface area contributed by atoms with Gasteiger partial charge in [-0.25, -0.2) is 4.98 Å². The number of aryl methyl sites for hydroxylation is 1. The molecular weight excluding hydrogens is 344 g/mol. The zero-order valence-electron chi connectivity index (χ0n) is 14.6. The highest BCUT2D eigenvalue weighted by atomic mass is 35.5. The summed E-state index contributed by atoms with van der Waals surface area (Å²) < 4.78 is 20.8. The van der Waals surface area contributed by atoms with Crippen LogP contribution in [0.15, 0.2) is 36.5 Å². The van der Waals surface area contributed by atoms with Crippen molar-refractivity contribution >= 4 is 23.0 Å². The van der Waals surface area contributed by atoms with Crippen molar-refractivity contribution in [3.05, 3.63) is 52.7 Å². The minimum absolute atomic E-state index is 0.0687. The topological polar surface area (TPSA) is 57.2 Å². The van der Waals surface area contributed by atoms with Gasteiger partial charge in [-0.05, 0) is 70.5 Å². The minimum Gasteiger partial charge on any atom is -0.598 e. The van der Waals surface area contributed by atoms with E-state index in [-0.39, 0.29) is 10.8 Å². The standard InChI is InChI=1S/C18H23ClN2O2S/c1-12-10-14(13(2)21-24(22)18(3,4)5)11-20-17(12)23-16-8-6-15(19)7-9-16/h6-11,13,21H,1-5H3/t13?,24-/m1/s1. The van der Waals surface area contributed by atoms with Gasteiger partial charge in [0, 0.05) is 28.1 Å². The van der Waals surface area contributed by atoms with Crippen molar-refractivity contribution in [2.45, 2.75) is 45.4 Å². The molecule has 1 aromatic carbocycles. The summed E-state index contributed by atoms with van der Waals surface area (Å²) in [6.07, 6.45) is 1.75. The van der Waals surface area contributed by atoms with Crippen LogP contribution < -0.4 is 9.46 Å². The third-order valence-corrected chi connectivity index (χ3v) is 5.35. The van der Waals surface area contributed by atoms with Crippen LogP contribution in [0, 0.1) is 6.92 Å². The van der Waals surface area contributed by atoms with Crippen molar-refractivity contribution in [1.29, 1.82) is 0 Å². The molecule has 24 heavy (non-hydrogen) atoms. The average molecular weight is 367 g/mol. The lowest BCUT2D eigenvalue weighted by molar-refractivity contribution is 0.458. The van der Waals surface area contributed by atoms with Gasteiger partial charge in [-0.15, -0.1) is 4.72 Å². The van der Waals surface area contributed by atoms with Crippen LogP contribution in [0.25, 0.3) is 0 Å². The SMILES string of the molecule is Cc1cc(C(C)N[S@+]([O-])C(C)(C)C)cnc1Oc1ccc(Cl)cc1. The second-order valence-corrected chi connectivity index (χ2v) is 9.10. The molecule has 0 radical (unpaired) electrons. The summed E-state index contributed by atoms with van der Waals surface area (Å²) in [6.45, 7) is 9.73. The Morgan fingerprint density at radius 3 is 2.42 bits per heavy atom.